The maximum atomic E-state index is 11.9. The zero-order chi connectivity index (χ0) is 16.7. The number of nitrogens with one attached hydrogen (secondary N) is 2. The number of hydrogen-bond acceptors (Lipinski definition) is 4. The quantitative estimate of drug-likeness (QED) is 0.585. The molecule has 0 spiro atoms. The highest BCUT2D eigenvalue weighted by atomic mass is 16.3. The first-order chi connectivity index (χ1) is 11.1. The lowest BCUT2D eigenvalue weighted by Gasteiger charge is -2.06. The van der Waals surface area contributed by atoms with E-state index in [1.165, 1.54) is 12.1 Å². The van der Waals surface area contributed by atoms with Gasteiger partial charge in [-0.1, -0.05) is 30.3 Å². The van der Waals surface area contributed by atoms with Crippen LogP contribution < -0.4 is 10.7 Å². The van der Waals surface area contributed by atoms with Crippen molar-refractivity contribution in [2.75, 3.05) is 5.32 Å². The minimum atomic E-state index is -0.536. The Morgan fingerprint density at radius 1 is 1.04 bits per heavy atom. The minimum Gasteiger partial charge on any atom is -0.507 e. The Hall–Kier alpha value is -3.15. The summed E-state index contributed by atoms with van der Waals surface area (Å²) in [4.78, 5) is 23.7. The standard InChI is InChI=1S/C17H17N3O3/c1-12(11-16(22)18-13-7-3-2-4-8-13)19-20-17(23)14-9-5-6-10-15(14)21/h2-10,21H,11H2,1H3,(H,18,22)(H,20,23)/b19-12-. The van der Waals surface area contributed by atoms with Crippen LogP contribution in [0.4, 0.5) is 5.69 Å². The van der Waals surface area contributed by atoms with Gasteiger partial charge in [0, 0.05) is 11.4 Å². The summed E-state index contributed by atoms with van der Waals surface area (Å²) in [6.45, 7) is 1.63. The number of anilines is 1. The lowest BCUT2D eigenvalue weighted by molar-refractivity contribution is -0.115. The molecule has 3 N–H and O–H groups in total. The van der Waals surface area contributed by atoms with Crippen LogP contribution in [0.2, 0.25) is 0 Å². The second kappa shape index (κ2) is 7.74. The van der Waals surface area contributed by atoms with Gasteiger partial charge in [-0.25, -0.2) is 5.43 Å². The van der Waals surface area contributed by atoms with Crippen LogP contribution in [0.1, 0.15) is 23.7 Å². The van der Waals surface area contributed by atoms with Crippen molar-refractivity contribution in [1.29, 1.82) is 0 Å². The molecule has 6 nitrogen and oxygen atoms in total. The second-order valence-electron chi connectivity index (χ2n) is 4.90. The molecule has 0 aromatic heterocycles. The van der Waals surface area contributed by atoms with Crippen LogP contribution >= 0.6 is 0 Å². The van der Waals surface area contributed by atoms with Gasteiger partial charge in [0.2, 0.25) is 5.91 Å². The molecule has 0 heterocycles. The molecule has 0 aliphatic rings. The van der Waals surface area contributed by atoms with Crippen LogP contribution in [0, 0.1) is 0 Å². The molecule has 0 radical (unpaired) electrons. The van der Waals surface area contributed by atoms with Crippen molar-refractivity contribution in [3.63, 3.8) is 0 Å². The Kier molecular flexibility index (Phi) is 5.46. The molecule has 23 heavy (non-hydrogen) atoms. The van der Waals surface area contributed by atoms with Crippen molar-refractivity contribution in [3.05, 3.63) is 60.2 Å². The Labute approximate surface area is 133 Å². The van der Waals surface area contributed by atoms with Gasteiger partial charge in [0.05, 0.1) is 12.0 Å². The van der Waals surface area contributed by atoms with E-state index in [0.29, 0.717) is 11.4 Å². The molecule has 2 aromatic rings. The summed E-state index contributed by atoms with van der Waals surface area (Å²) in [5, 5.41) is 16.2. The molecular weight excluding hydrogens is 294 g/mol. The van der Waals surface area contributed by atoms with Crippen molar-refractivity contribution in [2.45, 2.75) is 13.3 Å². The first-order valence-electron chi connectivity index (χ1n) is 7.02. The van der Waals surface area contributed by atoms with Crippen molar-refractivity contribution in [1.82, 2.24) is 5.43 Å². The van der Waals surface area contributed by atoms with Gasteiger partial charge in [-0.15, -0.1) is 0 Å². The lowest BCUT2D eigenvalue weighted by Crippen LogP contribution is -2.21. The van der Waals surface area contributed by atoms with Gasteiger partial charge in [-0.05, 0) is 31.2 Å². The van der Waals surface area contributed by atoms with E-state index in [4.69, 9.17) is 0 Å². The Morgan fingerprint density at radius 2 is 1.70 bits per heavy atom. The zero-order valence-electron chi connectivity index (χ0n) is 12.6. The van der Waals surface area contributed by atoms with Gasteiger partial charge in [-0.2, -0.15) is 5.10 Å². The summed E-state index contributed by atoms with van der Waals surface area (Å²) in [7, 11) is 0. The molecule has 0 aliphatic carbocycles. The number of nitrogens with zero attached hydrogens (tertiary/aromatic N) is 1. The number of aromatic hydroxyl groups is 1. The molecule has 0 saturated carbocycles. The molecule has 0 bridgehead atoms. The molecule has 0 fully saturated rings. The predicted octanol–water partition coefficient (Wildman–Crippen LogP) is 2.53. The molecule has 6 heteroatoms. The van der Waals surface area contributed by atoms with E-state index in [2.05, 4.69) is 15.8 Å². The third-order valence-corrected chi connectivity index (χ3v) is 2.97. The van der Waals surface area contributed by atoms with Gasteiger partial charge in [0.1, 0.15) is 5.75 Å². The highest BCUT2D eigenvalue weighted by molar-refractivity contribution is 6.06. The molecule has 0 unspecified atom stereocenters. The summed E-state index contributed by atoms with van der Waals surface area (Å²) < 4.78 is 0. The van der Waals surface area contributed by atoms with E-state index in [9.17, 15) is 14.7 Å². The molecule has 0 aliphatic heterocycles. The normalized spacial score (nSPS) is 10.9. The topological polar surface area (TPSA) is 90.8 Å². The van der Waals surface area contributed by atoms with Crippen LogP contribution in [0.3, 0.4) is 0 Å². The SMILES string of the molecule is C/C(CC(=O)Nc1ccccc1)=N/NC(=O)c1ccccc1O. The van der Waals surface area contributed by atoms with Gasteiger partial charge in [0.15, 0.2) is 0 Å². The maximum absolute atomic E-state index is 11.9. The van der Waals surface area contributed by atoms with E-state index < -0.39 is 5.91 Å². The van der Waals surface area contributed by atoms with Crippen molar-refractivity contribution >= 4 is 23.2 Å². The number of carbonyl (C=O) groups is 2. The number of benzene rings is 2. The largest absolute Gasteiger partial charge is 0.507 e. The lowest BCUT2D eigenvalue weighted by atomic mass is 10.2. The third-order valence-electron chi connectivity index (χ3n) is 2.97. The molecule has 2 amide bonds. The summed E-state index contributed by atoms with van der Waals surface area (Å²) in [6, 6.07) is 15.2. The number of rotatable bonds is 5. The number of phenols is 1. The molecule has 2 rings (SSSR count). The fraction of sp³-hybridized carbons (Fsp3) is 0.118. The number of phenolic OH excluding ortho intramolecular Hbond substituents is 1. The Balaban J connectivity index is 1.89. The first kappa shape index (κ1) is 16.2. The number of hydrazone groups is 1. The van der Waals surface area contributed by atoms with Crippen LogP contribution in [-0.2, 0) is 4.79 Å². The molecule has 118 valence electrons. The smallest absolute Gasteiger partial charge is 0.275 e. The zero-order valence-corrected chi connectivity index (χ0v) is 12.6. The fourth-order valence-electron chi connectivity index (χ4n) is 1.87. The van der Waals surface area contributed by atoms with Gasteiger partial charge < -0.3 is 10.4 Å². The average molecular weight is 311 g/mol. The van der Waals surface area contributed by atoms with E-state index in [1.54, 1.807) is 31.2 Å². The van der Waals surface area contributed by atoms with Crippen molar-refractivity contribution < 1.29 is 14.7 Å². The van der Waals surface area contributed by atoms with E-state index >= 15 is 0 Å². The number of amides is 2. The summed E-state index contributed by atoms with van der Waals surface area (Å²) in [6.07, 6.45) is 0.0515. The summed E-state index contributed by atoms with van der Waals surface area (Å²) in [5.74, 6) is -0.889. The average Bonchev–Trinajstić information content (AvgIpc) is 2.54. The first-order valence-corrected chi connectivity index (χ1v) is 7.02. The van der Waals surface area contributed by atoms with Crippen LogP contribution in [0.25, 0.3) is 0 Å². The fourth-order valence-corrected chi connectivity index (χ4v) is 1.87. The van der Waals surface area contributed by atoms with E-state index in [0.717, 1.165) is 0 Å². The predicted molar refractivity (Wildman–Crippen MR) is 88.4 cm³/mol. The van der Waals surface area contributed by atoms with Crippen molar-refractivity contribution in [2.24, 2.45) is 5.10 Å². The van der Waals surface area contributed by atoms with Gasteiger partial charge in [-0.3, -0.25) is 9.59 Å². The van der Waals surface area contributed by atoms with Gasteiger partial charge in [0.25, 0.3) is 5.91 Å². The number of hydrogen-bond donors (Lipinski definition) is 3. The highest BCUT2D eigenvalue weighted by Crippen LogP contribution is 2.14. The Morgan fingerprint density at radius 3 is 2.39 bits per heavy atom. The Bertz CT molecular complexity index is 727. The molecule has 0 saturated heterocycles. The van der Waals surface area contributed by atoms with Crippen LogP contribution in [-0.4, -0.2) is 22.6 Å². The van der Waals surface area contributed by atoms with E-state index in [-0.39, 0.29) is 23.6 Å². The molecular formula is C17H17N3O3. The van der Waals surface area contributed by atoms with E-state index in [1.807, 2.05) is 18.2 Å². The summed E-state index contributed by atoms with van der Waals surface area (Å²) >= 11 is 0. The molecule has 2 aromatic carbocycles. The third kappa shape index (κ3) is 4.96. The number of carbonyl (C=O) groups excluding carboxylic acids is 2. The van der Waals surface area contributed by atoms with Crippen molar-refractivity contribution in [3.8, 4) is 5.75 Å². The minimum absolute atomic E-state index is 0.0515. The maximum Gasteiger partial charge on any atom is 0.275 e. The highest BCUT2D eigenvalue weighted by Gasteiger charge is 2.10. The summed E-state index contributed by atoms with van der Waals surface area (Å²) in [5.41, 5.74) is 3.58. The van der Waals surface area contributed by atoms with Crippen LogP contribution in [0.15, 0.2) is 59.7 Å². The molecule has 0 atom stereocenters. The van der Waals surface area contributed by atoms with Crippen LogP contribution in [0.5, 0.6) is 5.75 Å². The second-order valence-corrected chi connectivity index (χ2v) is 4.90. The van der Waals surface area contributed by atoms with Gasteiger partial charge >= 0.3 is 0 Å². The monoisotopic (exact) mass is 311 g/mol. The number of para-hydroxylation sites is 2.